The van der Waals surface area contributed by atoms with E-state index in [-0.39, 0.29) is 43.3 Å². The second-order valence-corrected chi connectivity index (χ2v) is 10.1. The first-order valence-electron chi connectivity index (χ1n) is 14.2. The Balaban J connectivity index is 1.46. The molecule has 38 heavy (non-hydrogen) atoms. The molecule has 2 aromatic carbocycles. The summed E-state index contributed by atoms with van der Waals surface area (Å²) in [6, 6.07) is 20.2. The molecule has 6 heteroatoms. The average Bonchev–Trinajstić information content (AvgIpc) is 3.30. The highest BCUT2D eigenvalue weighted by atomic mass is 16.5. The zero-order valence-electron chi connectivity index (χ0n) is 22.5. The highest BCUT2D eigenvalue weighted by Gasteiger charge is 2.43. The van der Waals surface area contributed by atoms with Gasteiger partial charge in [-0.25, -0.2) is 0 Å². The van der Waals surface area contributed by atoms with Crippen LogP contribution in [-0.2, 0) is 27.5 Å². The molecule has 0 saturated carbocycles. The number of hydrogen-bond acceptors (Lipinski definition) is 6. The molecule has 0 unspecified atom stereocenters. The maximum atomic E-state index is 11.7. The lowest BCUT2D eigenvalue weighted by molar-refractivity contribution is -0.119. The summed E-state index contributed by atoms with van der Waals surface area (Å²) < 4.78 is 12.8. The Bertz CT molecular complexity index is 920. The van der Waals surface area contributed by atoms with Gasteiger partial charge < -0.3 is 25.0 Å². The third kappa shape index (κ3) is 10.8. The van der Waals surface area contributed by atoms with E-state index in [1.807, 2.05) is 48.5 Å². The van der Waals surface area contributed by atoms with Crippen LogP contribution >= 0.6 is 0 Å². The minimum atomic E-state index is -0.238. The van der Waals surface area contributed by atoms with Crippen molar-refractivity contribution >= 4 is 5.78 Å². The Kier molecular flexibility index (Phi) is 14.3. The molecule has 0 radical (unpaired) electrons. The first-order chi connectivity index (χ1) is 18.7. The van der Waals surface area contributed by atoms with E-state index in [0.29, 0.717) is 32.5 Å². The van der Waals surface area contributed by atoms with Crippen molar-refractivity contribution in [2.75, 3.05) is 13.2 Å². The van der Waals surface area contributed by atoms with E-state index in [4.69, 9.17) is 14.6 Å². The maximum absolute atomic E-state index is 11.7. The third-order valence-electron chi connectivity index (χ3n) is 7.06. The largest absolute Gasteiger partial charge is 0.396 e. The van der Waals surface area contributed by atoms with Crippen molar-refractivity contribution in [1.82, 2.24) is 5.32 Å². The molecule has 1 aliphatic rings. The van der Waals surface area contributed by atoms with Crippen LogP contribution in [0.2, 0.25) is 0 Å². The van der Waals surface area contributed by atoms with E-state index >= 15 is 0 Å². The topological polar surface area (TPSA) is 88.0 Å². The lowest BCUT2D eigenvalue weighted by Gasteiger charge is -2.26. The van der Waals surface area contributed by atoms with Crippen molar-refractivity contribution in [2.45, 2.75) is 95.3 Å². The van der Waals surface area contributed by atoms with E-state index in [1.165, 1.54) is 0 Å². The Labute approximate surface area is 228 Å². The third-order valence-corrected chi connectivity index (χ3v) is 7.06. The summed E-state index contributed by atoms with van der Waals surface area (Å²) >= 11 is 0. The molecule has 0 spiro atoms. The van der Waals surface area contributed by atoms with E-state index in [1.54, 1.807) is 0 Å². The van der Waals surface area contributed by atoms with Gasteiger partial charge in [0.15, 0.2) is 0 Å². The predicted octanol–water partition coefficient (Wildman–Crippen LogP) is 5.12. The maximum Gasteiger partial charge on any atom is 0.132 e. The van der Waals surface area contributed by atoms with Gasteiger partial charge in [0, 0.05) is 25.5 Å². The Hall–Kier alpha value is -2.35. The molecule has 1 heterocycles. The van der Waals surface area contributed by atoms with Crippen LogP contribution in [0.1, 0.15) is 68.9 Å². The number of carbonyl (C=O) groups is 1. The van der Waals surface area contributed by atoms with Gasteiger partial charge in [-0.2, -0.15) is 0 Å². The number of ketones is 1. The van der Waals surface area contributed by atoms with Crippen molar-refractivity contribution in [3.05, 3.63) is 83.9 Å². The second-order valence-electron chi connectivity index (χ2n) is 10.1. The summed E-state index contributed by atoms with van der Waals surface area (Å²) in [6.45, 7) is 1.08. The predicted molar refractivity (Wildman–Crippen MR) is 151 cm³/mol. The lowest BCUT2D eigenvalue weighted by Crippen LogP contribution is -2.39. The van der Waals surface area contributed by atoms with Gasteiger partial charge in [-0.05, 0) is 49.7 Å². The number of aliphatic hydroxyl groups excluding tert-OH is 2. The number of carbonyl (C=O) groups excluding carboxylic acids is 1. The molecule has 4 atom stereocenters. The standard InChI is InChI=1S/C32H45NO5/c34-22-14-20-28(36)19-12-4-2-1-3-5-13-21-29-31(37-24-26-15-8-6-9-16-26)32(30(23-35)33-29)38-25-27-17-10-7-11-18-27/h3,5-11,15-18,29-35H,1-2,4,12-14,19-25H2/b5-3+/t29-,30-,31-,32-/m1/s1. The molecular weight excluding hydrogens is 478 g/mol. The van der Waals surface area contributed by atoms with Crippen molar-refractivity contribution in [3.8, 4) is 0 Å². The normalized spacial score (nSPS) is 21.3. The molecule has 3 rings (SSSR count). The zero-order valence-corrected chi connectivity index (χ0v) is 22.5. The van der Waals surface area contributed by atoms with Crippen LogP contribution < -0.4 is 5.32 Å². The van der Waals surface area contributed by atoms with Gasteiger partial charge in [-0.1, -0.05) is 79.2 Å². The van der Waals surface area contributed by atoms with Crippen LogP contribution in [-0.4, -0.2) is 53.5 Å². The smallest absolute Gasteiger partial charge is 0.132 e. The number of benzene rings is 2. The number of allylic oxidation sites excluding steroid dienone is 2. The average molecular weight is 524 g/mol. The summed E-state index contributed by atoms with van der Waals surface area (Å²) in [7, 11) is 0. The second kappa shape index (κ2) is 18.0. The van der Waals surface area contributed by atoms with Gasteiger partial charge in [0.25, 0.3) is 0 Å². The molecule has 0 aromatic heterocycles. The first-order valence-corrected chi connectivity index (χ1v) is 14.2. The van der Waals surface area contributed by atoms with Crippen molar-refractivity contribution < 1.29 is 24.5 Å². The highest BCUT2D eigenvalue weighted by molar-refractivity contribution is 5.78. The fraction of sp³-hybridized carbons (Fsp3) is 0.531. The SMILES string of the molecule is O=C(CCCO)CCCCC/C=C/CC[C@H]1N[C@H](CO)[C@@H](OCc2ccccc2)[C@@H]1OCc1ccccc1. The van der Waals surface area contributed by atoms with E-state index in [9.17, 15) is 9.90 Å². The summed E-state index contributed by atoms with van der Waals surface area (Å²) in [5.74, 6) is 0.259. The van der Waals surface area contributed by atoms with Gasteiger partial charge in [0.1, 0.15) is 18.0 Å². The van der Waals surface area contributed by atoms with E-state index < -0.39 is 0 Å². The summed E-state index contributed by atoms with van der Waals surface area (Å²) in [5, 5.41) is 22.5. The number of aliphatic hydroxyl groups is 2. The lowest BCUT2D eigenvalue weighted by atomic mass is 10.0. The molecule has 1 fully saturated rings. The molecule has 0 bridgehead atoms. The summed E-state index contributed by atoms with van der Waals surface area (Å²) in [4.78, 5) is 11.7. The van der Waals surface area contributed by atoms with Crippen LogP contribution in [0.15, 0.2) is 72.8 Å². The Morgan fingerprint density at radius 3 is 1.92 bits per heavy atom. The molecule has 0 amide bonds. The van der Waals surface area contributed by atoms with Gasteiger partial charge in [-0.3, -0.25) is 4.79 Å². The summed E-state index contributed by atoms with van der Waals surface area (Å²) in [6.07, 6.45) is 11.7. The minimum Gasteiger partial charge on any atom is -0.396 e. The summed E-state index contributed by atoms with van der Waals surface area (Å²) in [5.41, 5.74) is 2.22. The fourth-order valence-corrected chi connectivity index (χ4v) is 4.96. The highest BCUT2D eigenvalue weighted by Crippen LogP contribution is 2.26. The van der Waals surface area contributed by atoms with Crippen LogP contribution in [0.5, 0.6) is 0 Å². The molecule has 0 aliphatic carbocycles. The number of Topliss-reactive ketones (excluding diaryl/α,β-unsaturated/α-hetero) is 1. The molecule has 3 N–H and O–H groups in total. The number of nitrogens with one attached hydrogen (secondary N) is 1. The number of ether oxygens (including phenoxy) is 2. The monoisotopic (exact) mass is 523 g/mol. The minimum absolute atomic E-state index is 0.000501. The molecular formula is C32H45NO5. The van der Waals surface area contributed by atoms with Crippen LogP contribution in [0.25, 0.3) is 0 Å². The van der Waals surface area contributed by atoms with Gasteiger partial charge in [0.05, 0.1) is 25.9 Å². The van der Waals surface area contributed by atoms with Crippen LogP contribution in [0.4, 0.5) is 0 Å². The Morgan fingerprint density at radius 1 is 0.737 bits per heavy atom. The quantitative estimate of drug-likeness (QED) is 0.175. The van der Waals surface area contributed by atoms with Crippen LogP contribution in [0.3, 0.4) is 0 Å². The van der Waals surface area contributed by atoms with Crippen LogP contribution in [0, 0.1) is 0 Å². The molecule has 6 nitrogen and oxygen atoms in total. The molecule has 208 valence electrons. The number of rotatable bonds is 19. The molecule has 1 aliphatic heterocycles. The number of hydrogen-bond donors (Lipinski definition) is 3. The zero-order chi connectivity index (χ0) is 26.8. The number of unbranched alkanes of at least 4 members (excludes halogenated alkanes) is 3. The van der Waals surface area contributed by atoms with Gasteiger partial charge >= 0.3 is 0 Å². The van der Waals surface area contributed by atoms with Gasteiger partial charge in [0.2, 0.25) is 0 Å². The fourth-order valence-electron chi connectivity index (χ4n) is 4.96. The Morgan fingerprint density at radius 2 is 1.32 bits per heavy atom. The van der Waals surface area contributed by atoms with Crippen molar-refractivity contribution in [3.63, 3.8) is 0 Å². The first kappa shape index (κ1) is 30.2. The van der Waals surface area contributed by atoms with Crippen molar-refractivity contribution in [2.24, 2.45) is 0 Å². The van der Waals surface area contributed by atoms with E-state index in [2.05, 4.69) is 29.6 Å². The van der Waals surface area contributed by atoms with Gasteiger partial charge in [-0.15, -0.1) is 0 Å². The van der Waals surface area contributed by atoms with Crippen molar-refractivity contribution in [1.29, 1.82) is 0 Å². The van der Waals surface area contributed by atoms with E-state index in [0.717, 1.165) is 49.7 Å². The molecule has 1 saturated heterocycles. The molecule has 2 aromatic rings.